The van der Waals surface area contributed by atoms with Gasteiger partial charge in [-0.05, 0) is 13.0 Å². The fourth-order valence-corrected chi connectivity index (χ4v) is 1.71. The standard InChI is InChI=1S/C11H22N4O2/c1-16-8-3-7-15-11(5-9-17-2)10(4-6-12)13-14-15/h3-9,12H2,1-2H3. The Hall–Kier alpha value is -0.980. The minimum absolute atomic E-state index is 0.594. The molecule has 0 amide bonds. The van der Waals surface area contributed by atoms with Gasteiger partial charge in [-0.25, -0.2) is 4.68 Å². The molecular formula is C11H22N4O2. The Bertz CT molecular complexity index is 314. The second-order valence-electron chi connectivity index (χ2n) is 3.83. The lowest BCUT2D eigenvalue weighted by Gasteiger charge is -2.07. The van der Waals surface area contributed by atoms with Crippen LogP contribution < -0.4 is 5.73 Å². The van der Waals surface area contributed by atoms with Crippen molar-refractivity contribution in [2.75, 3.05) is 34.0 Å². The minimum atomic E-state index is 0.594. The summed E-state index contributed by atoms with van der Waals surface area (Å²) in [5, 5.41) is 8.33. The molecule has 0 bridgehead atoms. The van der Waals surface area contributed by atoms with Crippen molar-refractivity contribution >= 4 is 0 Å². The van der Waals surface area contributed by atoms with Crippen molar-refractivity contribution in [2.45, 2.75) is 25.8 Å². The summed E-state index contributed by atoms with van der Waals surface area (Å²) in [5.74, 6) is 0. The Labute approximate surface area is 102 Å². The first-order chi connectivity index (χ1) is 8.33. The normalized spacial score (nSPS) is 11.0. The first-order valence-corrected chi connectivity index (χ1v) is 5.92. The molecule has 98 valence electrons. The van der Waals surface area contributed by atoms with Crippen LogP contribution in [0, 0.1) is 0 Å². The number of ether oxygens (including phenoxy) is 2. The van der Waals surface area contributed by atoms with E-state index >= 15 is 0 Å². The average molecular weight is 242 g/mol. The van der Waals surface area contributed by atoms with Crippen LogP contribution in [0.15, 0.2) is 0 Å². The summed E-state index contributed by atoms with van der Waals surface area (Å²) in [7, 11) is 3.40. The maximum atomic E-state index is 5.56. The Morgan fingerprint density at radius 1 is 1.18 bits per heavy atom. The summed E-state index contributed by atoms with van der Waals surface area (Å²) in [6.07, 6.45) is 2.52. The van der Waals surface area contributed by atoms with Gasteiger partial charge in [0.2, 0.25) is 0 Å². The largest absolute Gasteiger partial charge is 0.385 e. The van der Waals surface area contributed by atoms with Crippen LogP contribution in [0.25, 0.3) is 0 Å². The van der Waals surface area contributed by atoms with E-state index in [4.69, 9.17) is 15.2 Å². The zero-order valence-corrected chi connectivity index (χ0v) is 10.7. The van der Waals surface area contributed by atoms with E-state index in [0.29, 0.717) is 13.2 Å². The fraction of sp³-hybridized carbons (Fsp3) is 0.818. The number of aromatic nitrogens is 3. The third kappa shape index (κ3) is 4.41. The lowest BCUT2D eigenvalue weighted by atomic mass is 10.2. The van der Waals surface area contributed by atoms with Gasteiger partial charge in [0.25, 0.3) is 0 Å². The van der Waals surface area contributed by atoms with E-state index in [1.807, 2.05) is 4.68 Å². The molecule has 0 aromatic carbocycles. The van der Waals surface area contributed by atoms with E-state index < -0.39 is 0 Å². The number of hydrogen-bond donors (Lipinski definition) is 1. The highest BCUT2D eigenvalue weighted by Gasteiger charge is 2.11. The Balaban J connectivity index is 2.65. The molecule has 6 nitrogen and oxygen atoms in total. The lowest BCUT2D eigenvalue weighted by Crippen LogP contribution is -2.12. The highest BCUT2D eigenvalue weighted by Crippen LogP contribution is 2.08. The van der Waals surface area contributed by atoms with Gasteiger partial charge in [0, 0.05) is 40.2 Å². The zero-order valence-electron chi connectivity index (χ0n) is 10.7. The van der Waals surface area contributed by atoms with Crippen LogP contribution in [0.3, 0.4) is 0 Å². The quantitative estimate of drug-likeness (QED) is 0.617. The molecule has 1 rings (SSSR count). The number of hydrogen-bond acceptors (Lipinski definition) is 5. The predicted molar refractivity (Wildman–Crippen MR) is 64.9 cm³/mol. The van der Waals surface area contributed by atoms with Crippen LogP contribution >= 0.6 is 0 Å². The van der Waals surface area contributed by atoms with Gasteiger partial charge in [0.15, 0.2) is 0 Å². The molecule has 0 saturated carbocycles. The second kappa shape index (κ2) is 8.16. The fourth-order valence-electron chi connectivity index (χ4n) is 1.71. The third-order valence-corrected chi connectivity index (χ3v) is 2.56. The van der Waals surface area contributed by atoms with E-state index in [1.165, 1.54) is 0 Å². The van der Waals surface area contributed by atoms with Crippen LogP contribution in [0.4, 0.5) is 0 Å². The molecule has 6 heteroatoms. The number of nitrogens with zero attached hydrogens (tertiary/aromatic N) is 3. The van der Waals surface area contributed by atoms with E-state index in [2.05, 4.69) is 10.3 Å². The van der Waals surface area contributed by atoms with E-state index in [-0.39, 0.29) is 0 Å². The molecule has 0 atom stereocenters. The second-order valence-corrected chi connectivity index (χ2v) is 3.83. The lowest BCUT2D eigenvalue weighted by molar-refractivity contribution is 0.186. The van der Waals surface area contributed by atoms with Crippen molar-refractivity contribution in [2.24, 2.45) is 5.73 Å². The van der Waals surface area contributed by atoms with Crippen LogP contribution in [-0.2, 0) is 28.9 Å². The van der Waals surface area contributed by atoms with Crippen molar-refractivity contribution in [3.63, 3.8) is 0 Å². The molecule has 0 radical (unpaired) electrons. The average Bonchev–Trinajstić information content (AvgIpc) is 2.70. The summed E-state index contributed by atoms with van der Waals surface area (Å²) >= 11 is 0. The molecule has 0 aliphatic heterocycles. The molecule has 2 N–H and O–H groups in total. The van der Waals surface area contributed by atoms with Crippen molar-refractivity contribution in [1.29, 1.82) is 0 Å². The zero-order chi connectivity index (χ0) is 12.5. The molecule has 0 unspecified atom stereocenters. The van der Waals surface area contributed by atoms with Crippen molar-refractivity contribution in [1.82, 2.24) is 15.0 Å². The SMILES string of the molecule is COCCCn1nnc(CCN)c1CCOC. The molecule has 1 heterocycles. The molecule has 17 heavy (non-hydrogen) atoms. The van der Waals surface area contributed by atoms with E-state index in [1.54, 1.807) is 14.2 Å². The van der Waals surface area contributed by atoms with Crippen LogP contribution in [0.5, 0.6) is 0 Å². The molecule has 0 aliphatic carbocycles. The van der Waals surface area contributed by atoms with Gasteiger partial charge in [-0.2, -0.15) is 0 Å². The highest BCUT2D eigenvalue weighted by molar-refractivity contribution is 5.11. The first kappa shape index (κ1) is 14.1. The summed E-state index contributed by atoms with van der Waals surface area (Å²) in [5.41, 5.74) is 7.68. The smallest absolute Gasteiger partial charge is 0.0872 e. The van der Waals surface area contributed by atoms with Gasteiger partial charge >= 0.3 is 0 Å². The molecule has 0 aliphatic rings. The maximum Gasteiger partial charge on any atom is 0.0872 e. The van der Waals surface area contributed by atoms with Crippen molar-refractivity contribution in [3.05, 3.63) is 11.4 Å². The maximum absolute atomic E-state index is 5.56. The topological polar surface area (TPSA) is 75.2 Å². The summed E-state index contributed by atoms with van der Waals surface area (Å²) in [6.45, 7) is 2.83. The molecule has 0 saturated heterocycles. The van der Waals surface area contributed by atoms with Crippen LogP contribution in [0.2, 0.25) is 0 Å². The number of methoxy groups -OCH3 is 2. The van der Waals surface area contributed by atoms with Gasteiger partial charge in [-0.1, -0.05) is 5.21 Å². The number of rotatable bonds is 9. The Morgan fingerprint density at radius 3 is 2.59 bits per heavy atom. The number of aryl methyl sites for hydroxylation is 1. The molecule has 1 aromatic heterocycles. The minimum Gasteiger partial charge on any atom is -0.385 e. The van der Waals surface area contributed by atoms with E-state index in [0.717, 1.165) is 43.8 Å². The van der Waals surface area contributed by atoms with Gasteiger partial charge in [-0.3, -0.25) is 0 Å². The van der Waals surface area contributed by atoms with Crippen molar-refractivity contribution < 1.29 is 9.47 Å². The molecular weight excluding hydrogens is 220 g/mol. The van der Waals surface area contributed by atoms with Gasteiger partial charge in [0.1, 0.15) is 0 Å². The highest BCUT2D eigenvalue weighted by atomic mass is 16.5. The van der Waals surface area contributed by atoms with Gasteiger partial charge < -0.3 is 15.2 Å². The first-order valence-electron chi connectivity index (χ1n) is 5.92. The number of nitrogens with two attached hydrogens (primary N) is 1. The van der Waals surface area contributed by atoms with Gasteiger partial charge in [0.05, 0.1) is 18.0 Å². The summed E-state index contributed by atoms with van der Waals surface area (Å²) in [6, 6.07) is 0. The predicted octanol–water partition coefficient (Wildman–Crippen LogP) is 0.00470. The third-order valence-electron chi connectivity index (χ3n) is 2.56. The molecule has 1 aromatic rings. The Kier molecular flexibility index (Phi) is 6.76. The molecule has 0 spiro atoms. The summed E-state index contributed by atoms with van der Waals surface area (Å²) < 4.78 is 12.1. The Morgan fingerprint density at radius 2 is 1.94 bits per heavy atom. The van der Waals surface area contributed by atoms with Gasteiger partial charge in [-0.15, -0.1) is 5.10 Å². The van der Waals surface area contributed by atoms with Crippen LogP contribution in [-0.4, -0.2) is 49.0 Å². The summed E-state index contributed by atoms with van der Waals surface area (Å²) in [4.78, 5) is 0. The van der Waals surface area contributed by atoms with E-state index in [9.17, 15) is 0 Å². The molecule has 0 fully saturated rings. The van der Waals surface area contributed by atoms with Crippen LogP contribution in [0.1, 0.15) is 17.8 Å². The monoisotopic (exact) mass is 242 g/mol. The van der Waals surface area contributed by atoms with Crippen molar-refractivity contribution in [3.8, 4) is 0 Å².